The molecule has 0 heterocycles. The van der Waals surface area contributed by atoms with Gasteiger partial charge in [-0.05, 0) is 28.1 Å². The van der Waals surface area contributed by atoms with E-state index in [0.29, 0.717) is 4.47 Å². The zero-order valence-electron chi connectivity index (χ0n) is 7.23. The smallest absolute Gasteiger partial charge is 0.307 e. The Labute approximate surface area is 91.8 Å². The summed E-state index contributed by atoms with van der Waals surface area (Å²) < 4.78 is 35.7. The molecule has 82 valence electrons. The number of rotatable bonds is 1. The number of hydrogen-bond donors (Lipinski definition) is 2. The number of hydrogen-bond acceptors (Lipinski definition) is 1. The third-order valence-electron chi connectivity index (χ3n) is 1.38. The van der Waals surface area contributed by atoms with Crippen LogP contribution in [0.4, 0.5) is 23.7 Å². The Morgan fingerprint density at radius 2 is 1.87 bits per heavy atom. The van der Waals surface area contributed by atoms with Crippen molar-refractivity contribution in [2.75, 3.05) is 5.32 Å². The molecule has 2 amide bonds. The van der Waals surface area contributed by atoms with Gasteiger partial charge in [-0.3, -0.25) is 0 Å². The lowest BCUT2D eigenvalue weighted by molar-refractivity contribution is -0.144. The third kappa shape index (κ3) is 4.20. The summed E-state index contributed by atoms with van der Waals surface area (Å²) in [5.41, 5.74) is 0.263. The zero-order valence-corrected chi connectivity index (χ0v) is 8.82. The average molecular weight is 283 g/mol. The van der Waals surface area contributed by atoms with E-state index in [1.807, 2.05) is 5.32 Å². The highest BCUT2D eigenvalue weighted by Crippen LogP contribution is 2.21. The van der Waals surface area contributed by atoms with Crippen molar-refractivity contribution in [3.63, 3.8) is 0 Å². The largest absolute Gasteiger partial charge is 0.485 e. The lowest BCUT2D eigenvalue weighted by atomic mass is 10.3. The highest BCUT2D eigenvalue weighted by atomic mass is 79.9. The fourth-order valence-corrected chi connectivity index (χ4v) is 1.23. The standard InChI is InChI=1S/C8H6BrF3N2O/c9-5-3-1-2-4-6(5)13-7(15)14-8(10,11)12/h1-4H,(H2,13,14,15). The van der Waals surface area contributed by atoms with E-state index >= 15 is 0 Å². The van der Waals surface area contributed by atoms with E-state index in [2.05, 4.69) is 15.9 Å². The molecule has 0 radical (unpaired) electrons. The number of halogens is 4. The molecule has 0 saturated heterocycles. The molecular formula is C8H6BrF3N2O. The molecule has 2 N–H and O–H groups in total. The Hall–Kier alpha value is -1.24. The number of amides is 2. The second kappa shape index (κ2) is 4.52. The van der Waals surface area contributed by atoms with Gasteiger partial charge < -0.3 is 5.32 Å². The number of carbonyl (C=O) groups excluding carboxylic acids is 1. The van der Waals surface area contributed by atoms with Gasteiger partial charge in [0.25, 0.3) is 0 Å². The van der Waals surface area contributed by atoms with Crippen LogP contribution in [0.25, 0.3) is 0 Å². The van der Waals surface area contributed by atoms with E-state index in [9.17, 15) is 18.0 Å². The molecule has 15 heavy (non-hydrogen) atoms. The van der Waals surface area contributed by atoms with Crippen LogP contribution in [0.15, 0.2) is 28.7 Å². The molecule has 0 atom stereocenters. The van der Waals surface area contributed by atoms with Crippen molar-refractivity contribution in [3.05, 3.63) is 28.7 Å². The van der Waals surface area contributed by atoms with Gasteiger partial charge >= 0.3 is 12.3 Å². The van der Waals surface area contributed by atoms with Crippen LogP contribution in [-0.4, -0.2) is 12.3 Å². The molecule has 7 heteroatoms. The fraction of sp³-hybridized carbons (Fsp3) is 0.125. The van der Waals surface area contributed by atoms with Gasteiger partial charge in [-0.15, -0.1) is 0 Å². The quantitative estimate of drug-likeness (QED) is 0.764. The summed E-state index contributed by atoms with van der Waals surface area (Å²) in [4.78, 5) is 10.8. The zero-order chi connectivity index (χ0) is 11.5. The third-order valence-corrected chi connectivity index (χ3v) is 2.07. The van der Waals surface area contributed by atoms with Gasteiger partial charge in [-0.2, -0.15) is 13.2 Å². The molecule has 0 spiro atoms. The summed E-state index contributed by atoms with van der Waals surface area (Å²) in [6.45, 7) is 0. The monoisotopic (exact) mass is 282 g/mol. The number of anilines is 1. The van der Waals surface area contributed by atoms with Crippen molar-refractivity contribution >= 4 is 27.6 Å². The van der Waals surface area contributed by atoms with Gasteiger partial charge in [0.2, 0.25) is 0 Å². The summed E-state index contributed by atoms with van der Waals surface area (Å²) in [5, 5.41) is 2.87. The fourth-order valence-electron chi connectivity index (χ4n) is 0.845. The van der Waals surface area contributed by atoms with Crippen LogP contribution in [0.1, 0.15) is 0 Å². The number of urea groups is 1. The molecular weight excluding hydrogens is 277 g/mol. The number of carbonyl (C=O) groups is 1. The average Bonchev–Trinajstić information content (AvgIpc) is 2.05. The van der Waals surface area contributed by atoms with E-state index in [1.165, 1.54) is 6.07 Å². The molecule has 1 aromatic rings. The Bertz CT molecular complexity index is 367. The van der Waals surface area contributed by atoms with Gasteiger partial charge in [0, 0.05) is 4.47 Å². The molecule has 1 rings (SSSR count). The van der Waals surface area contributed by atoms with Crippen LogP contribution >= 0.6 is 15.9 Å². The van der Waals surface area contributed by atoms with Crippen molar-refractivity contribution in [2.45, 2.75) is 6.30 Å². The first-order chi connectivity index (χ1) is 6.88. The highest BCUT2D eigenvalue weighted by molar-refractivity contribution is 9.10. The van der Waals surface area contributed by atoms with Crippen LogP contribution in [-0.2, 0) is 0 Å². The van der Waals surface area contributed by atoms with Crippen molar-refractivity contribution in [1.82, 2.24) is 5.32 Å². The Balaban J connectivity index is 2.64. The molecule has 0 fully saturated rings. The first kappa shape index (κ1) is 11.8. The van der Waals surface area contributed by atoms with Gasteiger partial charge in [0.05, 0.1) is 5.69 Å². The number of alkyl halides is 3. The summed E-state index contributed by atoms with van der Waals surface area (Å²) in [6, 6.07) is 5.02. The maximum absolute atomic E-state index is 11.7. The van der Waals surface area contributed by atoms with E-state index in [-0.39, 0.29) is 5.69 Å². The second-order valence-electron chi connectivity index (χ2n) is 2.56. The predicted molar refractivity (Wildman–Crippen MR) is 52.4 cm³/mol. The first-order valence-electron chi connectivity index (χ1n) is 3.79. The maximum Gasteiger partial charge on any atom is 0.485 e. The van der Waals surface area contributed by atoms with E-state index in [1.54, 1.807) is 18.2 Å². The van der Waals surface area contributed by atoms with Crippen LogP contribution in [0.3, 0.4) is 0 Å². The molecule has 0 bridgehead atoms. The van der Waals surface area contributed by atoms with E-state index in [4.69, 9.17) is 0 Å². The topological polar surface area (TPSA) is 41.1 Å². The lowest BCUT2D eigenvalue weighted by Crippen LogP contribution is -2.40. The van der Waals surface area contributed by atoms with Gasteiger partial charge in [0.15, 0.2) is 0 Å². The van der Waals surface area contributed by atoms with Gasteiger partial charge in [-0.1, -0.05) is 12.1 Å². The minimum Gasteiger partial charge on any atom is -0.307 e. The number of para-hydroxylation sites is 1. The number of benzene rings is 1. The van der Waals surface area contributed by atoms with Crippen molar-refractivity contribution < 1.29 is 18.0 Å². The van der Waals surface area contributed by atoms with Crippen LogP contribution < -0.4 is 10.6 Å². The molecule has 0 unspecified atom stereocenters. The Kier molecular flexibility index (Phi) is 3.57. The summed E-state index contributed by atoms with van der Waals surface area (Å²) in [5.74, 6) is 0. The minimum absolute atomic E-state index is 0.263. The molecule has 3 nitrogen and oxygen atoms in total. The van der Waals surface area contributed by atoms with Gasteiger partial charge in [-0.25, -0.2) is 10.1 Å². The minimum atomic E-state index is -4.73. The van der Waals surface area contributed by atoms with Gasteiger partial charge in [0.1, 0.15) is 0 Å². The number of nitrogens with one attached hydrogen (secondary N) is 2. The van der Waals surface area contributed by atoms with Crippen molar-refractivity contribution in [1.29, 1.82) is 0 Å². The first-order valence-corrected chi connectivity index (χ1v) is 4.58. The van der Waals surface area contributed by atoms with Crippen molar-refractivity contribution in [2.24, 2.45) is 0 Å². The molecule has 1 aromatic carbocycles. The normalized spacial score (nSPS) is 10.9. The molecule has 0 aromatic heterocycles. The van der Waals surface area contributed by atoms with Crippen LogP contribution in [0.2, 0.25) is 0 Å². The molecule has 0 aliphatic rings. The second-order valence-corrected chi connectivity index (χ2v) is 3.41. The Morgan fingerprint density at radius 1 is 1.27 bits per heavy atom. The van der Waals surface area contributed by atoms with Crippen LogP contribution in [0.5, 0.6) is 0 Å². The predicted octanol–water partition coefficient (Wildman–Crippen LogP) is 3.09. The molecule has 0 aliphatic carbocycles. The summed E-state index contributed by atoms with van der Waals surface area (Å²) >= 11 is 3.08. The summed E-state index contributed by atoms with van der Waals surface area (Å²) in [7, 11) is 0. The van der Waals surface area contributed by atoms with E-state index in [0.717, 1.165) is 5.32 Å². The summed E-state index contributed by atoms with van der Waals surface area (Å²) in [6.07, 6.45) is -4.73. The van der Waals surface area contributed by atoms with Crippen molar-refractivity contribution in [3.8, 4) is 0 Å². The van der Waals surface area contributed by atoms with Crippen LogP contribution in [0, 0.1) is 0 Å². The SMILES string of the molecule is O=C(Nc1ccccc1Br)NC(F)(F)F. The molecule has 0 aliphatic heterocycles. The Morgan fingerprint density at radius 3 is 2.40 bits per heavy atom. The maximum atomic E-state index is 11.7. The lowest BCUT2D eigenvalue weighted by Gasteiger charge is -2.10. The molecule has 0 saturated carbocycles. The highest BCUT2D eigenvalue weighted by Gasteiger charge is 2.30. The van der Waals surface area contributed by atoms with E-state index < -0.39 is 12.3 Å².